The molecule has 1 aliphatic rings. The fourth-order valence-electron chi connectivity index (χ4n) is 2.98. The van der Waals surface area contributed by atoms with Crippen LogP contribution in [0.1, 0.15) is 38.0 Å². The van der Waals surface area contributed by atoms with Gasteiger partial charge in [0.25, 0.3) is 17.7 Å². The predicted molar refractivity (Wildman–Crippen MR) is 115 cm³/mol. The van der Waals surface area contributed by atoms with E-state index in [2.05, 4.69) is 5.32 Å². The third kappa shape index (κ3) is 3.88. The van der Waals surface area contributed by atoms with E-state index in [1.54, 1.807) is 14.1 Å². The van der Waals surface area contributed by atoms with Crippen LogP contribution in [0.15, 0.2) is 30.3 Å². The monoisotopic (exact) mass is 467 g/mol. The van der Waals surface area contributed by atoms with Crippen molar-refractivity contribution in [2.75, 3.05) is 19.4 Å². The van der Waals surface area contributed by atoms with Crippen LogP contribution in [0.4, 0.5) is 5.69 Å². The van der Waals surface area contributed by atoms with Gasteiger partial charge in [-0.25, -0.2) is 0 Å². The van der Waals surface area contributed by atoms with Crippen LogP contribution in [0.3, 0.4) is 0 Å². The molecule has 1 N–H and O–H groups in total. The molecular formula is C20H16Cl3N3O4. The van der Waals surface area contributed by atoms with Crippen molar-refractivity contribution in [3.8, 4) is 0 Å². The van der Waals surface area contributed by atoms with E-state index in [1.165, 1.54) is 42.2 Å². The summed E-state index contributed by atoms with van der Waals surface area (Å²) in [5.74, 6) is -2.17. The topological polar surface area (TPSA) is 86.8 Å². The van der Waals surface area contributed by atoms with Crippen molar-refractivity contribution < 1.29 is 19.2 Å². The summed E-state index contributed by atoms with van der Waals surface area (Å²) >= 11 is 18.0. The van der Waals surface area contributed by atoms with Crippen molar-refractivity contribution in [1.82, 2.24) is 9.80 Å². The Morgan fingerprint density at radius 2 is 1.47 bits per heavy atom. The van der Waals surface area contributed by atoms with Crippen LogP contribution in [-0.4, -0.2) is 53.6 Å². The molecule has 0 aromatic heterocycles. The summed E-state index contributed by atoms with van der Waals surface area (Å²) in [5.41, 5.74) is 0.768. The van der Waals surface area contributed by atoms with Gasteiger partial charge in [0.2, 0.25) is 5.91 Å². The second-order valence-corrected chi connectivity index (χ2v) is 8.07. The zero-order valence-electron chi connectivity index (χ0n) is 16.1. The van der Waals surface area contributed by atoms with Gasteiger partial charge in [-0.05, 0) is 37.3 Å². The molecule has 0 aliphatic carbocycles. The van der Waals surface area contributed by atoms with E-state index in [4.69, 9.17) is 34.8 Å². The lowest BCUT2D eigenvalue weighted by molar-refractivity contribution is -0.119. The number of rotatable bonds is 4. The van der Waals surface area contributed by atoms with Gasteiger partial charge in [0.05, 0.1) is 31.8 Å². The Hall–Kier alpha value is -2.61. The van der Waals surface area contributed by atoms with Gasteiger partial charge in [0.1, 0.15) is 6.04 Å². The molecule has 30 heavy (non-hydrogen) atoms. The second kappa shape index (κ2) is 8.26. The number of hydrogen-bond donors (Lipinski definition) is 1. The minimum absolute atomic E-state index is 0.0867. The average Bonchev–Trinajstić information content (AvgIpc) is 2.91. The lowest BCUT2D eigenvalue weighted by atomic mass is 10.1. The standard InChI is InChI=1S/C20H16Cl3N3O4/c1-9(26-19(29)12-7-15(22)16(23)8-13(12)20(26)30)17(27)24-10-4-5-11(14(21)6-10)18(28)25(2)3/h4-9H,1-3H3,(H,24,27). The smallest absolute Gasteiger partial charge is 0.262 e. The van der Waals surface area contributed by atoms with Crippen LogP contribution in [0.25, 0.3) is 0 Å². The number of fused-ring (bicyclic) bond motifs is 1. The van der Waals surface area contributed by atoms with Crippen LogP contribution in [0.2, 0.25) is 15.1 Å². The molecule has 0 fully saturated rings. The first-order chi connectivity index (χ1) is 14.0. The maximum Gasteiger partial charge on any atom is 0.262 e. The minimum atomic E-state index is -1.11. The van der Waals surface area contributed by atoms with E-state index in [0.29, 0.717) is 5.69 Å². The summed E-state index contributed by atoms with van der Waals surface area (Å²) in [6, 6.07) is 5.92. The Morgan fingerprint density at radius 3 is 1.93 bits per heavy atom. The number of halogens is 3. The highest BCUT2D eigenvalue weighted by molar-refractivity contribution is 6.43. The molecule has 1 heterocycles. The predicted octanol–water partition coefficient (Wildman–Crippen LogP) is 3.97. The molecule has 0 bridgehead atoms. The molecule has 0 radical (unpaired) electrons. The molecule has 2 aromatic rings. The first-order valence-electron chi connectivity index (χ1n) is 8.72. The normalized spacial score (nSPS) is 13.9. The van der Waals surface area contributed by atoms with E-state index < -0.39 is 23.8 Å². The van der Waals surface area contributed by atoms with Crippen molar-refractivity contribution in [1.29, 1.82) is 0 Å². The van der Waals surface area contributed by atoms with Gasteiger partial charge in [-0.2, -0.15) is 0 Å². The highest BCUT2D eigenvalue weighted by atomic mass is 35.5. The molecule has 0 saturated carbocycles. The zero-order chi connectivity index (χ0) is 22.3. The van der Waals surface area contributed by atoms with E-state index in [1.807, 2.05) is 0 Å². The summed E-state index contributed by atoms with van der Waals surface area (Å²) in [7, 11) is 3.19. The number of nitrogens with zero attached hydrogens (tertiary/aromatic N) is 2. The van der Waals surface area contributed by atoms with Crippen LogP contribution in [0, 0.1) is 0 Å². The summed E-state index contributed by atoms with van der Waals surface area (Å²) in [4.78, 5) is 52.3. The molecule has 0 saturated heterocycles. The van der Waals surface area contributed by atoms with Crippen LogP contribution in [0.5, 0.6) is 0 Å². The van der Waals surface area contributed by atoms with Crippen molar-refractivity contribution in [2.45, 2.75) is 13.0 Å². The maximum atomic E-state index is 12.7. The fraction of sp³-hybridized carbons (Fsp3) is 0.200. The van der Waals surface area contributed by atoms with Crippen molar-refractivity contribution >= 4 is 64.1 Å². The van der Waals surface area contributed by atoms with E-state index in [-0.39, 0.29) is 37.7 Å². The number of imide groups is 1. The molecule has 1 unspecified atom stereocenters. The molecule has 3 rings (SSSR count). The number of hydrogen-bond acceptors (Lipinski definition) is 4. The number of anilines is 1. The first-order valence-corrected chi connectivity index (χ1v) is 9.85. The number of nitrogens with one attached hydrogen (secondary N) is 1. The Kier molecular flexibility index (Phi) is 6.08. The molecule has 4 amide bonds. The molecular weight excluding hydrogens is 453 g/mol. The molecule has 1 aliphatic heterocycles. The Bertz CT molecular complexity index is 1060. The third-order valence-electron chi connectivity index (χ3n) is 4.60. The average molecular weight is 469 g/mol. The summed E-state index contributed by atoms with van der Waals surface area (Å²) in [5, 5.41) is 3.03. The Morgan fingerprint density at radius 1 is 0.933 bits per heavy atom. The summed E-state index contributed by atoms with van der Waals surface area (Å²) in [6.07, 6.45) is 0. The van der Waals surface area contributed by atoms with Gasteiger partial charge in [-0.3, -0.25) is 24.1 Å². The number of amides is 4. The molecule has 10 heteroatoms. The molecule has 1 atom stereocenters. The SMILES string of the molecule is CC(C(=O)Nc1ccc(C(=O)N(C)C)c(Cl)c1)N1C(=O)c2cc(Cl)c(Cl)cc2C1=O. The van der Waals surface area contributed by atoms with Crippen LogP contribution in [-0.2, 0) is 4.79 Å². The maximum absolute atomic E-state index is 12.7. The largest absolute Gasteiger partial charge is 0.345 e. The quantitative estimate of drug-likeness (QED) is 0.688. The highest BCUT2D eigenvalue weighted by Gasteiger charge is 2.41. The molecule has 7 nitrogen and oxygen atoms in total. The summed E-state index contributed by atoms with van der Waals surface area (Å²) in [6.45, 7) is 1.42. The Labute approximate surface area is 187 Å². The van der Waals surface area contributed by atoms with Gasteiger partial charge in [0, 0.05) is 19.8 Å². The van der Waals surface area contributed by atoms with E-state index in [0.717, 1.165) is 4.90 Å². The molecule has 156 valence electrons. The number of carbonyl (C=O) groups excluding carboxylic acids is 4. The van der Waals surface area contributed by atoms with Crippen molar-refractivity contribution in [3.63, 3.8) is 0 Å². The molecule has 2 aromatic carbocycles. The zero-order valence-corrected chi connectivity index (χ0v) is 18.4. The fourth-order valence-corrected chi connectivity index (χ4v) is 3.56. The van der Waals surface area contributed by atoms with Gasteiger partial charge in [-0.1, -0.05) is 34.8 Å². The van der Waals surface area contributed by atoms with E-state index in [9.17, 15) is 19.2 Å². The van der Waals surface area contributed by atoms with E-state index >= 15 is 0 Å². The summed E-state index contributed by atoms with van der Waals surface area (Å²) < 4.78 is 0. The second-order valence-electron chi connectivity index (χ2n) is 6.85. The van der Waals surface area contributed by atoms with Crippen LogP contribution >= 0.6 is 34.8 Å². The first kappa shape index (κ1) is 22.1. The third-order valence-corrected chi connectivity index (χ3v) is 5.63. The molecule has 0 spiro atoms. The number of carbonyl (C=O) groups is 4. The van der Waals surface area contributed by atoms with Crippen molar-refractivity contribution in [2.24, 2.45) is 0 Å². The Balaban J connectivity index is 1.80. The van der Waals surface area contributed by atoms with Crippen molar-refractivity contribution in [3.05, 3.63) is 62.1 Å². The van der Waals surface area contributed by atoms with Gasteiger partial charge >= 0.3 is 0 Å². The van der Waals surface area contributed by atoms with Gasteiger partial charge in [0.15, 0.2) is 0 Å². The van der Waals surface area contributed by atoms with Crippen LogP contribution < -0.4 is 5.32 Å². The van der Waals surface area contributed by atoms with Gasteiger partial charge < -0.3 is 10.2 Å². The van der Waals surface area contributed by atoms with Gasteiger partial charge in [-0.15, -0.1) is 0 Å². The lowest BCUT2D eigenvalue weighted by Gasteiger charge is -2.22. The lowest BCUT2D eigenvalue weighted by Crippen LogP contribution is -2.45. The minimum Gasteiger partial charge on any atom is -0.345 e. The highest BCUT2D eigenvalue weighted by Crippen LogP contribution is 2.32. The number of benzene rings is 2.